The van der Waals surface area contributed by atoms with Crippen LogP contribution in [0.4, 0.5) is 0 Å². The van der Waals surface area contributed by atoms with E-state index >= 15 is 0 Å². The van der Waals surface area contributed by atoms with Crippen LogP contribution in [0.3, 0.4) is 0 Å². The van der Waals surface area contributed by atoms with Crippen molar-refractivity contribution in [2.75, 3.05) is 13.1 Å². The Morgan fingerprint density at radius 3 is 2.75 bits per heavy atom. The molecule has 1 saturated heterocycles. The highest BCUT2D eigenvalue weighted by Crippen LogP contribution is 2.25. The lowest BCUT2D eigenvalue weighted by Gasteiger charge is -2.26. The Balaban J connectivity index is 2.43. The van der Waals surface area contributed by atoms with Gasteiger partial charge in [0.25, 0.3) is 0 Å². The van der Waals surface area contributed by atoms with Gasteiger partial charge in [0.15, 0.2) is 0 Å². The average Bonchev–Trinajstić information content (AvgIpc) is 2.30. The second-order valence-corrected chi connectivity index (χ2v) is 4.09. The minimum atomic E-state index is -0.177. The van der Waals surface area contributed by atoms with Crippen LogP contribution in [0.1, 0.15) is 33.6 Å². The Bertz CT molecular complexity index is 136. The van der Waals surface area contributed by atoms with Gasteiger partial charge in [-0.2, -0.15) is 0 Å². The van der Waals surface area contributed by atoms with Crippen molar-refractivity contribution in [3.05, 3.63) is 0 Å². The number of nitrogens with zero attached hydrogens (tertiary/aromatic N) is 1. The lowest BCUT2D eigenvalue weighted by molar-refractivity contribution is 0.112. The Kier molecular flexibility index (Phi) is 3.53. The molecule has 12 heavy (non-hydrogen) atoms. The number of β-amino-alcohol motifs (C(OH)–C–C–N with tert-alkyl or cyclic N) is 1. The summed E-state index contributed by atoms with van der Waals surface area (Å²) in [6, 6.07) is 0.708. The zero-order valence-electron chi connectivity index (χ0n) is 8.45. The minimum Gasteiger partial charge on any atom is -0.392 e. The largest absolute Gasteiger partial charge is 0.392 e. The molecule has 0 aromatic rings. The molecule has 2 heteroatoms. The Hall–Kier alpha value is -0.0800. The van der Waals surface area contributed by atoms with Crippen molar-refractivity contribution >= 4 is 0 Å². The maximum atomic E-state index is 9.27. The van der Waals surface area contributed by atoms with Crippen molar-refractivity contribution in [1.29, 1.82) is 0 Å². The van der Waals surface area contributed by atoms with Crippen molar-refractivity contribution < 1.29 is 5.11 Å². The van der Waals surface area contributed by atoms with Gasteiger partial charge in [0.1, 0.15) is 0 Å². The first kappa shape index (κ1) is 10.0. The monoisotopic (exact) mass is 171 g/mol. The number of aliphatic hydroxyl groups excluding tert-OH is 1. The van der Waals surface area contributed by atoms with Crippen LogP contribution in [0.2, 0.25) is 0 Å². The van der Waals surface area contributed by atoms with Crippen molar-refractivity contribution in [2.24, 2.45) is 5.92 Å². The topological polar surface area (TPSA) is 23.5 Å². The molecule has 1 N–H and O–H groups in total. The molecule has 0 aromatic carbocycles. The molecule has 0 saturated carbocycles. The third-order valence-corrected chi connectivity index (χ3v) is 2.91. The second-order valence-electron chi connectivity index (χ2n) is 4.09. The van der Waals surface area contributed by atoms with Crippen molar-refractivity contribution in [1.82, 2.24) is 4.90 Å². The standard InChI is InChI=1S/C10H21NO/c1-4-10-8(2)5-6-11(10)7-9(3)12/h8-10,12H,4-7H2,1-3H3. The zero-order valence-corrected chi connectivity index (χ0v) is 8.45. The third-order valence-electron chi connectivity index (χ3n) is 2.91. The highest BCUT2D eigenvalue weighted by atomic mass is 16.3. The number of rotatable bonds is 3. The molecule has 1 fully saturated rings. The molecule has 1 heterocycles. The van der Waals surface area contributed by atoms with E-state index in [1.54, 1.807) is 0 Å². The van der Waals surface area contributed by atoms with E-state index in [2.05, 4.69) is 18.7 Å². The molecule has 0 radical (unpaired) electrons. The molecular weight excluding hydrogens is 150 g/mol. The van der Waals surface area contributed by atoms with Crippen molar-refractivity contribution in [2.45, 2.75) is 45.8 Å². The molecule has 1 aliphatic rings. The van der Waals surface area contributed by atoms with Gasteiger partial charge in [-0.1, -0.05) is 13.8 Å². The average molecular weight is 171 g/mol. The normalized spacial score (nSPS) is 34.0. The maximum Gasteiger partial charge on any atom is 0.0639 e. The summed E-state index contributed by atoms with van der Waals surface area (Å²) in [5.74, 6) is 0.814. The first-order valence-corrected chi connectivity index (χ1v) is 5.07. The van der Waals surface area contributed by atoms with Crippen molar-refractivity contribution in [3.63, 3.8) is 0 Å². The number of hydrogen-bond acceptors (Lipinski definition) is 2. The first-order chi connectivity index (χ1) is 5.65. The van der Waals surface area contributed by atoms with Gasteiger partial charge in [-0.25, -0.2) is 0 Å². The summed E-state index contributed by atoms with van der Waals surface area (Å²) in [6.07, 6.45) is 2.34. The molecule has 2 nitrogen and oxygen atoms in total. The van der Waals surface area contributed by atoms with Crippen LogP contribution in [0.5, 0.6) is 0 Å². The van der Waals surface area contributed by atoms with Crippen LogP contribution < -0.4 is 0 Å². The van der Waals surface area contributed by atoms with E-state index in [9.17, 15) is 5.11 Å². The lowest BCUT2D eigenvalue weighted by atomic mass is 10.0. The Morgan fingerprint density at radius 1 is 1.58 bits per heavy atom. The molecule has 0 bridgehead atoms. The summed E-state index contributed by atoms with van der Waals surface area (Å²) >= 11 is 0. The van der Waals surface area contributed by atoms with Gasteiger partial charge in [0.05, 0.1) is 6.10 Å². The van der Waals surface area contributed by atoms with Crippen LogP contribution in [0.15, 0.2) is 0 Å². The summed E-state index contributed by atoms with van der Waals surface area (Å²) in [7, 11) is 0. The number of aliphatic hydroxyl groups is 1. The SMILES string of the molecule is CCC1C(C)CCN1CC(C)O. The predicted octanol–water partition coefficient (Wildman–Crippen LogP) is 1.49. The van der Waals surface area contributed by atoms with Gasteiger partial charge in [0.2, 0.25) is 0 Å². The van der Waals surface area contributed by atoms with Gasteiger partial charge >= 0.3 is 0 Å². The van der Waals surface area contributed by atoms with Gasteiger partial charge in [0, 0.05) is 12.6 Å². The molecule has 0 spiro atoms. The summed E-state index contributed by atoms with van der Waals surface area (Å²) < 4.78 is 0. The van der Waals surface area contributed by atoms with E-state index in [0.29, 0.717) is 6.04 Å². The van der Waals surface area contributed by atoms with Gasteiger partial charge in [-0.15, -0.1) is 0 Å². The summed E-state index contributed by atoms with van der Waals surface area (Å²) in [6.45, 7) is 8.45. The Morgan fingerprint density at radius 2 is 2.25 bits per heavy atom. The molecule has 1 rings (SSSR count). The van der Waals surface area contributed by atoms with Gasteiger partial charge in [-0.05, 0) is 32.2 Å². The highest BCUT2D eigenvalue weighted by molar-refractivity contribution is 4.84. The zero-order chi connectivity index (χ0) is 9.14. The maximum absolute atomic E-state index is 9.27. The summed E-state index contributed by atoms with van der Waals surface area (Å²) in [5, 5.41) is 9.27. The molecule has 0 amide bonds. The molecule has 72 valence electrons. The van der Waals surface area contributed by atoms with Crippen molar-refractivity contribution in [3.8, 4) is 0 Å². The van der Waals surface area contributed by atoms with E-state index in [-0.39, 0.29) is 6.10 Å². The highest BCUT2D eigenvalue weighted by Gasteiger charge is 2.29. The lowest BCUT2D eigenvalue weighted by Crippen LogP contribution is -2.36. The number of hydrogen-bond donors (Lipinski definition) is 1. The van der Waals surface area contributed by atoms with Gasteiger partial charge in [-0.3, -0.25) is 4.90 Å². The van der Waals surface area contributed by atoms with E-state index in [1.165, 1.54) is 19.4 Å². The molecule has 1 aliphatic heterocycles. The fraction of sp³-hybridized carbons (Fsp3) is 1.00. The molecule has 0 aromatic heterocycles. The first-order valence-electron chi connectivity index (χ1n) is 5.07. The molecule has 3 atom stereocenters. The van der Waals surface area contributed by atoms with Crippen LogP contribution in [0.25, 0.3) is 0 Å². The minimum absolute atomic E-state index is 0.177. The van der Waals surface area contributed by atoms with Gasteiger partial charge < -0.3 is 5.11 Å². The van der Waals surface area contributed by atoms with Crippen LogP contribution in [0, 0.1) is 5.92 Å². The second kappa shape index (κ2) is 4.24. The van der Waals surface area contributed by atoms with E-state index in [0.717, 1.165) is 12.5 Å². The van der Waals surface area contributed by atoms with Crippen LogP contribution >= 0.6 is 0 Å². The third kappa shape index (κ3) is 2.20. The quantitative estimate of drug-likeness (QED) is 0.695. The van der Waals surface area contributed by atoms with E-state index in [1.807, 2.05) is 6.92 Å². The molecule has 3 unspecified atom stereocenters. The predicted molar refractivity (Wildman–Crippen MR) is 51.1 cm³/mol. The van der Waals surface area contributed by atoms with Crippen LogP contribution in [-0.2, 0) is 0 Å². The summed E-state index contributed by atoms with van der Waals surface area (Å²) in [4.78, 5) is 2.43. The van der Waals surface area contributed by atoms with E-state index in [4.69, 9.17) is 0 Å². The fourth-order valence-electron chi connectivity index (χ4n) is 2.31. The van der Waals surface area contributed by atoms with E-state index < -0.39 is 0 Å². The Labute approximate surface area is 75.6 Å². The summed E-state index contributed by atoms with van der Waals surface area (Å²) in [5.41, 5.74) is 0. The molecule has 0 aliphatic carbocycles. The molecular formula is C10H21NO. The van der Waals surface area contributed by atoms with Crippen LogP contribution in [-0.4, -0.2) is 35.2 Å². The smallest absolute Gasteiger partial charge is 0.0639 e. The fourth-order valence-corrected chi connectivity index (χ4v) is 2.31. The number of likely N-dealkylation sites (tertiary alicyclic amines) is 1.